The van der Waals surface area contributed by atoms with Crippen molar-refractivity contribution in [2.75, 3.05) is 5.75 Å². The molecule has 1 aromatic carbocycles. The Hall–Kier alpha value is -1.80. The lowest BCUT2D eigenvalue weighted by molar-refractivity contribution is -0.136. The third-order valence-corrected chi connectivity index (χ3v) is 4.46. The van der Waals surface area contributed by atoms with Gasteiger partial charge in [0.15, 0.2) is 9.84 Å². The molecule has 102 valence electrons. The zero-order valence-corrected chi connectivity index (χ0v) is 11.3. The fraction of sp³-hybridized carbons (Fsp3) is 0.357. The number of aryl methyl sites for hydroxylation is 1. The highest BCUT2D eigenvalue weighted by atomic mass is 32.2. The standard InChI is InChI=1S/C14H16O4S/c1-2-3-4-11-19(17,18)13-8-5-12(6-9-13)7-10-14(15)16/h1,5-6,8-9H,3-4,7,10-11H2,(H,15,16). The Kier molecular flexibility index (Phi) is 5.58. The van der Waals surface area contributed by atoms with Gasteiger partial charge in [-0.3, -0.25) is 4.79 Å². The van der Waals surface area contributed by atoms with Crippen LogP contribution in [0.2, 0.25) is 0 Å². The second kappa shape index (κ2) is 6.95. The smallest absolute Gasteiger partial charge is 0.303 e. The SMILES string of the molecule is C#CCCCS(=O)(=O)c1ccc(CCC(=O)O)cc1. The summed E-state index contributed by atoms with van der Waals surface area (Å²) in [6, 6.07) is 6.33. The van der Waals surface area contributed by atoms with E-state index >= 15 is 0 Å². The Balaban J connectivity index is 2.70. The van der Waals surface area contributed by atoms with Gasteiger partial charge in [-0.05, 0) is 30.5 Å². The Morgan fingerprint density at radius 1 is 1.26 bits per heavy atom. The normalized spacial score (nSPS) is 10.9. The van der Waals surface area contributed by atoms with Gasteiger partial charge in [-0.2, -0.15) is 0 Å². The molecule has 0 aliphatic carbocycles. The molecule has 0 aromatic heterocycles. The molecule has 1 N–H and O–H groups in total. The van der Waals surface area contributed by atoms with Gasteiger partial charge in [-0.15, -0.1) is 12.3 Å². The Morgan fingerprint density at radius 2 is 1.89 bits per heavy atom. The van der Waals surface area contributed by atoms with E-state index in [2.05, 4.69) is 5.92 Å². The lowest BCUT2D eigenvalue weighted by Crippen LogP contribution is -2.07. The van der Waals surface area contributed by atoms with Gasteiger partial charge in [0.05, 0.1) is 10.6 Å². The first-order valence-electron chi connectivity index (χ1n) is 5.92. The predicted octanol–water partition coefficient (Wildman–Crippen LogP) is 1.89. The van der Waals surface area contributed by atoms with Crippen molar-refractivity contribution in [3.8, 4) is 12.3 Å². The molecule has 0 spiro atoms. The molecule has 0 heterocycles. The van der Waals surface area contributed by atoms with Crippen molar-refractivity contribution in [2.24, 2.45) is 0 Å². The third kappa shape index (κ3) is 5.14. The lowest BCUT2D eigenvalue weighted by Gasteiger charge is -2.04. The van der Waals surface area contributed by atoms with Crippen LogP contribution in [-0.2, 0) is 21.1 Å². The molecule has 0 unspecified atom stereocenters. The van der Waals surface area contributed by atoms with Crippen LogP contribution in [0.3, 0.4) is 0 Å². The zero-order valence-electron chi connectivity index (χ0n) is 10.5. The Bertz CT molecular complexity index is 564. The molecule has 0 aliphatic rings. The summed E-state index contributed by atoms with van der Waals surface area (Å²) in [5.74, 6) is 1.57. The minimum Gasteiger partial charge on any atom is -0.481 e. The van der Waals surface area contributed by atoms with E-state index in [-0.39, 0.29) is 17.1 Å². The quantitative estimate of drug-likeness (QED) is 0.611. The summed E-state index contributed by atoms with van der Waals surface area (Å²) >= 11 is 0. The van der Waals surface area contributed by atoms with E-state index in [9.17, 15) is 13.2 Å². The van der Waals surface area contributed by atoms with Gasteiger partial charge in [-0.1, -0.05) is 12.1 Å². The lowest BCUT2D eigenvalue weighted by atomic mass is 10.1. The molecule has 0 radical (unpaired) electrons. The molecule has 0 saturated heterocycles. The summed E-state index contributed by atoms with van der Waals surface area (Å²) < 4.78 is 23.8. The minimum absolute atomic E-state index is 0.0334. The number of carboxylic acid groups (broad SMARTS) is 1. The molecule has 5 heteroatoms. The molecule has 1 rings (SSSR count). The van der Waals surface area contributed by atoms with Crippen molar-refractivity contribution in [1.82, 2.24) is 0 Å². The van der Waals surface area contributed by atoms with Gasteiger partial charge >= 0.3 is 5.97 Å². The van der Waals surface area contributed by atoms with E-state index < -0.39 is 15.8 Å². The van der Waals surface area contributed by atoms with Gasteiger partial charge in [0, 0.05) is 12.8 Å². The monoisotopic (exact) mass is 280 g/mol. The first-order chi connectivity index (χ1) is 8.95. The number of hydrogen-bond donors (Lipinski definition) is 1. The van der Waals surface area contributed by atoms with Gasteiger partial charge in [0.25, 0.3) is 0 Å². The van der Waals surface area contributed by atoms with Crippen molar-refractivity contribution in [1.29, 1.82) is 0 Å². The van der Waals surface area contributed by atoms with Crippen molar-refractivity contribution in [3.05, 3.63) is 29.8 Å². The molecule has 4 nitrogen and oxygen atoms in total. The molecule has 0 atom stereocenters. The highest BCUT2D eigenvalue weighted by Crippen LogP contribution is 2.14. The van der Waals surface area contributed by atoms with Crippen molar-refractivity contribution >= 4 is 15.8 Å². The Labute approximate surface area is 113 Å². The van der Waals surface area contributed by atoms with Crippen molar-refractivity contribution < 1.29 is 18.3 Å². The van der Waals surface area contributed by atoms with Gasteiger partial charge in [0.2, 0.25) is 0 Å². The maximum absolute atomic E-state index is 11.9. The highest BCUT2D eigenvalue weighted by Gasteiger charge is 2.13. The van der Waals surface area contributed by atoms with Crippen LogP contribution in [0.15, 0.2) is 29.2 Å². The van der Waals surface area contributed by atoms with E-state index in [1.54, 1.807) is 12.1 Å². The average molecular weight is 280 g/mol. The predicted molar refractivity (Wildman–Crippen MR) is 72.5 cm³/mol. The van der Waals surface area contributed by atoms with Gasteiger partial charge < -0.3 is 5.11 Å². The van der Waals surface area contributed by atoms with E-state index in [0.717, 1.165) is 5.56 Å². The number of terminal acetylenes is 1. The van der Waals surface area contributed by atoms with E-state index in [4.69, 9.17) is 11.5 Å². The number of benzene rings is 1. The number of aliphatic carboxylic acids is 1. The average Bonchev–Trinajstić information content (AvgIpc) is 2.37. The molecule has 0 bridgehead atoms. The number of hydrogen-bond acceptors (Lipinski definition) is 3. The van der Waals surface area contributed by atoms with E-state index in [1.165, 1.54) is 12.1 Å². The van der Waals surface area contributed by atoms with Crippen molar-refractivity contribution in [3.63, 3.8) is 0 Å². The molecule has 19 heavy (non-hydrogen) atoms. The first-order valence-corrected chi connectivity index (χ1v) is 7.58. The fourth-order valence-corrected chi connectivity index (χ4v) is 2.91. The molecule has 1 aromatic rings. The van der Waals surface area contributed by atoms with Crippen LogP contribution in [0.5, 0.6) is 0 Å². The van der Waals surface area contributed by atoms with E-state index in [1.807, 2.05) is 0 Å². The van der Waals surface area contributed by atoms with Crippen LogP contribution in [0.1, 0.15) is 24.8 Å². The minimum atomic E-state index is -3.29. The zero-order chi connectivity index (χ0) is 14.3. The number of unbranched alkanes of at least 4 members (excludes halogenated alkanes) is 1. The fourth-order valence-electron chi connectivity index (χ4n) is 1.60. The summed E-state index contributed by atoms with van der Waals surface area (Å²) in [5.41, 5.74) is 0.810. The third-order valence-electron chi connectivity index (χ3n) is 2.64. The largest absolute Gasteiger partial charge is 0.481 e. The van der Waals surface area contributed by atoms with Crippen LogP contribution >= 0.6 is 0 Å². The highest BCUT2D eigenvalue weighted by molar-refractivity contribution is 7.91. The maximum atomic E-state index is 11.9. The van der Waals surface area contributed by atoms with Gasteiger partial charge in [-0.25, -0.2) is 8.42 Å². The number of carboxylic acids is 1. The second-order valence-electron chi connectivity index (χ2n) is 4.16. The molecular weight excluding hydrogens is 264 g/mol. The van der Waals surface area contributed by atoms with Crippen LogP contribution < -0.4 is 0 Å². The first kappa shape index (κ1) is 15.3. The van der Waals surface area contributed by atoms with Crippen LogP contribution in [0, 0.1) is 12.3 Å². The molecule has 0 amide bonds. The second-order valence-corrected chi connectivity index (χ2v) is 6.27. The summed E-state index contributed by atoms with van der Waals surface area (Å²) in [6.45, 7) is 0. The number of sulfone groups is 1. The van der Waals surface area contributed by atoms with Crippen molar-refractivity contribution in [2.45, 2.75) is 30.6 Å². The summed E-state index contributed by atoms with van der Waals surface area (Å²) in [6.07, 6.45) is 6.40. The summed E-state index contributed by atoms with van der Waals surface area (Å²) in [4.78, 5) is 10.7. The molecule has 0 aliphatic heterocycles. The number of rotatable bonds is 7. The number of carbonyl (C=O) groups is 1. The van der Waals surface area contributed by atoms with Crippen LogP contribution in [0.25, 0.3) is 0 Å². The van der Waals surface area contributed by atoms with Crippen LogP contribution in [-0.4, -0.2) is 25.2 Å². The topological polar surface area (TPSA) is 71.4 Å². The molecular formula is C14H16O4S. The summed E-state index contributed by atoms with van der Waals surface area (Å²) in [7, 11) is -3.29. The molecule has 0 fully saturated rings. The van der Waals surface area contributed by atoms with Gasteiger partial charge in [0.1, 0.15) is 0 Å². The Morgan fingerprint density at radius 3 is 2.42 bits per heavy atom. The molecule has 0 saturated carbocycles. The summed E-state index contributed by atoms with van der Waals surface area (Å²) in [5, 5.41) is 8.57. The maximum Gasteiger partial charge on any atom is 0.303 e. The van der Waals surface area contributed by atoms with E-state index in [0.29, 0.717) is 19.3 Å². The van der Waals surface area contributed by atoms with Crippen LogP contribution in [0.4, 0.5) is 0 Å².